The molecule has 5 heteroatoms. The number of hydrogen-bond donors (Lipinski definition) is 1. The maximum absolute atomic E-state index is 13.5. The molecular formula is C19H24FN3O. The van der Waals surface area contributed by atoms with Crippen LogP contribution in [0.5, 0.6) is 5.75 Å². The Balaban J connectivity index is 2.26. The van der Waals surface area contributed by atoms with Gasteiger partial charge in [0.2, 0.25) is 0 Å². The van der Waals surface area contributed by atoms with E-state index in [1.165, 1.54) is 13.2 Å². The van der Waals surface area contributed by atoms with Gasteiger partial charge in [-0.2, -0.15) is 0 Å². The first-order valence-electron chi connectivity index (χ1n) is 7.90. The van der Waals surface area contributed by atoms with E-state index < -0.39 is 0 Å². The third kappa shape index (κ3) is 4.25. The highest BCUT2D eigenvalue weighted by Gasteiger charge is 2.07. The van der Waals surface area contributed by atoms with Crippen molar-refractivity contribution in [3.8, 4) is 5.75 Å². The number of halogens is 1. The van der Waals surface area contributed by atoms with E-state index in [2.05, 4.69) is 17.2 Å². The van der Waals surface area contributed by atoms with Crippen LogP contribution in [-0.2, 0) is 0 Å². The number of benzene rings is 2. The molecule has 0 unspecified atom stereocenters. The Morgan fingerprint density at radius 1 is 1.21 bits per heavy atom. The molecule has 0 spiro atoms. The van der Waals surface area contributed by atoms with E-state index in [9.17, 15) is 4.39 Å². The van der Waals surface area contributed by atoms with E-state index in [-0.39, 0.29) is 11.6 Å². The lowest BCUT2D eigenvalue weighted by Crippen LogP contribution is -2.14. The number of nitrogens with zero attached hydrogens (tertiary/aromatic N) is 2. The molecule has 0 heterocycles. The molecule has 0 radical (unpaired) electrons. The van der Waals surface area contributed by atoms with Crippen molar-refractivity contribution in [2.75, 3.05) is 26.0 Å². The molecule has 0 fully saturated rings. The maximum atomic E-state index is 13.5. The zero-order chi connectivity index (χ0) is 17.7. The summed E-state index contributed by atoms with van der Waals surface area (Å²) in [5, 5.41) is 3.31. The zero-order valence-corrected chi connectivity index (χ0v) is 14.9. The first-order chi connectivity index (χ1) is 11.4. The number of nitrogens with one attached hydrogen (secondary N) is 1. The molecule has 0 bridgehead atoms. The third-order valence-corrected chi connectivity index (χ3v) is 3.87. The van der Waals surface area contributed by atoms with E-state index in [1.807, 2.05) is 44.3 Å². The summed E-state index contributed by atoms with van der Waals surface area (Å²) in [4.78, 5) is 6.55. The van der Waals surface area contributed by atoms with Crippen molar-refractivity contribution in [3.05, 3.63) is 47.3 Å². The Labute approximate surface area is 143 Å². The average molecular weight is 329 g/mol. The molecule has 2 aromatic rings. The molecule has 0 aliphatic heterocycles. The van der Waals surface area contributed by atoms with Crippen LogP contribution in [-0.4, -0.2) is 31.9 Å². The van der Waals surface area contributed by atoms with E-state index in [4.69, 9.17) is 4.74 Å². The van der Waals surface area contributed by atoms with Gasteiger partial charge in [0.05, 0.1) is 19.1 Å². The predicted octanol–water partition coefficient (Wildman–Crippen LogP) is 4.81. The molecule has 2 rings (SSSR count). The van der Waals surface area contributed by atoms with Crippen LogP contribution in [0, 0.1) is 19.7 Å². The van der Waals surface area contributed by atoms with Crippen molar-refractivity contribution in [1.29, 1.82) is 0 Å². The zero-order valence-electron chi connectivity index (χ0n) is 14.9. The lowest BCUT2D eigenvalue weighted by molar-refractivity contribution is 0.387. The number of ether oxygens (including phenoxy) is 1. The second-order valence-electron chi connectivity index (χ2n) is 5.75. The van der Waals surface area contributed by atoms with Gasteiger partial charge in [-0.3, -0.25) is 0 Å². The highest BCUT2D eigenvalue weighted by Crippen LogP contribution is 2.30. The highest BCUT2D eigenvalue weighted by molar-refractivity contribution is 5.71. The molecule has 0 aliphatic rings. The normalized spacial score (nSPS) is 10.9. The minimum Gasteiger partial charge on any atom is -0.494 e. The highest BCUT2D eigenvalue weighted by atomic mass is 19.1. The summed E-state index contributed by atoms with van der Waals surface area (Å²) in [6.45, 7) is 7.03. The van der Waals surface area contributed by atoms with Crippen LogP contribution in [0.3, 0.4) is 0 Å². The van der Waals surface area contributed by atoms with Crippen LogP contribution in [0.25, 0.3) is 0 Å². The Hall–Kier alpha value is -2.56. The number of anilines is 2. The van der Waals surface area contributed by atoms with Crippen molar-refractivity contribution in [2.24, 2.45) is 4.99 Å². The van der Waals surface area contributed by atoms with Gasteiger partial charge in [0, 0.05) is 31.0 Å². The van der Waals surface area contributed by atoms with Gasteiger partial charge in [-0.25, -0.2) is 9.38 Å². The number of methoxy groups -OCH3 is 1. The van der Waals surface area contributed by atoms with Crippen LogP contribution >= 0.6 is 0 Å². The van der Waals surface area contributed by atoms with Gasteiger partial charge in [0.1, 0.15) is 0 Å². The van der Waals surface area contributed by atoms with Crippen LogP contribution in [0.15, 0.2) is 35.3 Å². The number of aliphatic imine (C=N–C) groups is 1. The van der Waals surface area contributed by atoms with E-state index in [1.54, 1.807) is 12.1 Å². The van der Waals surface area contributed by atoms with Gasteiger partial charge in [-0.15, -0.1) is 0 Å². The second kappa shape index (κ2) is 7.81. The van der Waals surface area contributed by atoms with Gasteiger partial charge < -0.3 is 15.0 Å². The van der Waals surface area contributed by atoms with Crippen LogP contribution < -0.4 is 10.1 Å². The van der Waals surface area contributed by atoms with E-state index in [0.717, 1.165) is 34.7 Å². The van der Waals surface area contributed by atoms with Gasteiger partial charge in [0.25, 0.3) is 0 Å². The lowest BCUT2D eigenvalue weighted by Gasteiger charge is -2.14. The monoisotopic (exact) mass is 329 g/mol. The summed E-state index contributed by atoms with van der Waals surface area (Å²) < 4.78 is 18.5. The Bertz CT molecular complexity index is 744. The molecule has 0 atom stereocenters. The molecule has 0 aliphatic carbocycles. The van der Waals surface area contributed by atoms with E-state index in [0.29, 0.717) is 0 Å². The fraction of sp³-hybridized carbons (Fsp3) is 0.316. The Morgan fingerprint density at radius 3 is 2.62 bits per heavy atom. The SMILES string of the molecule is CCN(C)C=Nc1cc(C)c(Nc2ccc(F)c(OC)c2)cc1C. The van der Waals surface area contributed by atoms with Crippen LogP contribution in [0.4, 0.5) is 21.5 Å². The standard InChI is InChI=1S/C19H24FN3O/c1-6-23(4)12-21-17-9-14(3)18(10-13(17)2)22-15-7-8-16(20)19(11-15)24-5/h7-12,22H,6H2,1-5H3. The summed E-state index contributed by atoms with van der Waals surface area (Å²) in [5.74, 6) is -0.154. The fourth-order valence-corrected chi connectivity index (χ4v) is 2.21. The smallest absolute Gasteiger partial charge is 0.165 e. The summed E-state index contributed by atoms with van der Waals surface area (Å²) in [5.41, 5.74) is 4.81. The summed E-state index contributed by atoms with van der Waals surface area (Å²) >= 11 is 0. The molecule has 4 nitrogen and oxygen atoms in total. The molecule has 0 saturated carbocycles. The summed E-state index contributed by atoms with van der Waals surface area (Å²) in [6.07, 6.45) is 1.83. The van der Waals surface area contributed by atoms with Gasteiger partial charge in [0.15, 0.2) is 11.6 Å². The second-order valence-corrected chi connectivity index (χ2v) is 5.75. The van der Waals surface area contributed by atoms with Crippen molar-refractivity contribution in [1.82, 2.24) is 4.90 Å². The van der Waals surface area contributed by atoms with E-state index >= 15 is 0 Å². The molecule has 0 amide bonds. The minimum atomic E-state index is -0.374. The van der Waals surface area contributed by atoms with Gasteiger partial charge >= 0.3 is 0 Å². The topological polar surface area (TPSA) is 36.9 Å². The lowest BCUT2D eigenvalue weighted by atomic mass is 10.1. The maximum Gasteiger partial charge on any atom is 0.165 e. The Morgan fingerprint density at radius 2 is 1.96 bits per heavy atom. The number of rotatable bonds is 6. The third-order valence-electron chi connectivity index (χ3n) is 3.87. The van der Waals surface area contributed by atoms with Crippen LogP contribution in [0.1, 0.15) is 18.1 Å². The Kier molecular flexibility index (Phi) is 5.79. The molecule has 1 N–H and O–H groups in total. The average Bonchev–Trinajstić information content (AvgIpc) is 2.57. The predicted molar refractivity (Wildman–Crippen MR) is 98.6 cm³/mol. The van der Waals surface area contributed by atoms with Crippen molar-refractivity contribution in [2.45, 2.75) is 20.8 Å². The largest absolute Gasteiger partial charge is 0.494 e. The summed E-state index contributed by atoms with van der Waals surface area (Å²) in [6, 6.07) is 8.81. The first kappa shape index (κ1) is 17.8. The number of aryl methyl sites for hydroxylation is 2. The van der Waals surface area contributed by atoms with Gasteiger partial charge in [-0.1, -0.05) is 0 Å². The quantitative estimate of drug-likeness (QED) is 0.610. The molecule has 2 aromatic carbocycles. The fourth-order valence-electron chi connectivity index (χ4n) is 2.21. The number of hydrogen-bond acceptors (Lipinski definition) is 3. The molecule has 24 heavy (non-hydrogen) atoms. The summed E-state index contributed by atoms with van der Waals surface area (Å²) in [7, 11) is 3.45. The van der Waals surface area contributed by atoms with Crippen LogP contribution in [0.2, 0.25) is 0 Å². The van der Waals surface area contributed by atoms with Gasteiger partial charge in [-0.05, 0) is 56.2 Å². The molecule has 0 saturated heterocycles. The first-order valence-corrected chi connectivity index (χ1v) is 7.90. The molecular weight excluding hydrogens is 305 g/mol. The van der Waals surface area contributed by atoms with Crippen molar-refractivity contribution in [3.63, 3.8) is 0 Å². The minimum absolute atomic E-state index is 0.221. The molecule has 128 valence electrons. The van der Waals surface area contributed by atoms with Crippen molar-refractivity contribution >= 4 is 23.4 Å². The molecule has 0 aromatic heterocycles. The van der Waals surface area contributed by atoms with Crippen molar-refractivity contribution < 1.29 is 9.13 Å².